The Morgan fingerprint density at radius 3 is 2.82 bits per heavy atom. The van der Waals surface area contributed by atoms with E-state index in [1.807, 2.05) is 37.3 Å². The number of nitrogens with one attached hydrogen (secondary N) is 1. The highest BCUT2D eigenvalue weighted by Gasteiger charge is 2.30. The minimum Gasteiger partial charge on any atom is -0.396 e. The lowest BCUT2D eigenvalue weighted by atomic mass is 9.83. The fraction of sp³-hybridized carbons (Fsp3) is 0.611. The molecule has 0 spiro atoms. The average molecular weight is 304 g/mol. The molecule has 0 saturated carbocycles. The van der Waals surface area contributed by atoms with Gasteiger partial charge in [0.25, 0.3) is 0 Å². The van der Waals surface area contributed by atoms with E-state index in [0.29, 0.717) is 6.42 Å². The molecule has 0 aliphatic carbocycles. The molecule has 2 N–H and O–H groups in total. The van der Waals surface area contributed by atoms with Crippen LogP contribution < -0.4 is 5.32 Å². The molecule has 1 heterocycles. The lowest BCUT2D eigenvalue weighted by Crippen LogP contribution is -2.44. The average Bonchev–Trinajstić information content (AvgIpc) is 2.54. The molecule has 1 aliphatic heterocycles. The summed E-state index contributed by atoms with van der Waals surface area (Å²) in [5.74, 6) is 0.0904. The first-order chi connectivity index (χ1) is 10.5. The van der Waals surface area contributed by atoms with Crippen molar-refractivity contribution in [3.05, 3.63) is 35.9 Å². The predicted octanol–water partition coefficient (Wildman–Crippen LogP) is 2.35. The van der Waals surface area contributed by atoms with Crippen LogP contribution in [0.3, 0.4) is 0 Å². The SMILES string of the molecule is CC(NC(=O)CCN1CCCC(C)(CO)C1)c1ccccc1. The molecule has 22 heavy (non-hydrogen) atoms. The number of aliphatic hydroxyl groups excluding tert-OH is 1. The molecule has 4 heteroatoms. The van der Waals surface area contributed by atoms with Crippen molar-refractivity contribution in [3.8, 4) is 0 Å². The topological polar surface area (TPSA) is 52.6 Å². The number of rotatable bonds is 6. The van der Waals surface area contributed by atoms with Crippen LogP contribution in [0.1, 0.15) is 44.7 Å². The third-order valence-electron chi connectivity index (χ3n) is 4.57. The zero-order valence-electron chi connectivity index (χ0n) is 13.7. The van der Waals surface area contributed by atoms with Crippen LogP contribution in [0, 0.1) is 5.41 Å². The molecule has 0 radical (unpaired) electrons. The highest BCUT2D eigenvalue weighted by molar-refractivity contribution is 5.76. The maximum Gasteiger partial charge on any atom is 0.221 e. The van der Waals surface area contributed by atoms with E-state index >= 15 is 0 Å². The van der Waals surface area contributed by atoms with Crippen molar-refractivity contribution < 1.29 is 9.90 Å². The van der Waals surface area contributed by atoms with Crippen molar-refractivity contribution in [2.75, 3.05) is 26.2 Å². The molecule has 122 valence electrons. The molecular weight excluding hydrogens is 276 g/mol. The number of benzene rings is 1. The molecular formula is C18H28N2O2. The Hall–Kier alpha value is -1.39. The van der Waals surface area contributed by atoms with Crippen molar-refractivity contribution in [1.29, 1.82) is 0 Å². The molecule has 1 fully saturated rings. The summed E-state index contributed by atoms with van der Waals surface area (Å²) in [6, 6.07) is 10.1. The molecule has 1 aliphatic rings. The maximum absolute atomic E-state index is 12.1. The number of carbonyl (C=O) groups excluding carboxylic acids is 1. The predicted molar refractivity (Wildman–Crippen MR) is 88.5 cm³/mol. The fourth-order valence-electron chi connectivity index (χ4n) is 3.15. The molecule has 1 aromatic carbocycles. The third-order valence-corrected chi connectivity index (χ3v) is 4.57. The van der Waals surface area contributed by atoms with E-state index in [1.54, 1.807) is 0 Å². The van der Waals surface area contributed by atoms with E-state index in [2.05, 4.69) is 17.1 Å². The van der Waals surface area contributed by atoms with Gasteiger partial charge in [-0.3, -0.25) is 4.79 Å². The fourth-order valence-corrected chi connectivity index (χ4v) is 3.15. The highest BCUT2D eigenvalue weighted by Crippen LogP contribution is 2.28. The molecule has 0 bridgehead atoms. The van der Waals surface area contributed by atoms with Crippen LogP contribution in [0.5, 0.6) is 0 Å². The lowest BCUT2D eigenvalue weighted by molar-refractivity contribution is -0.122. The van der Waals surface area contributed by atoms with Gasteiger partial charge in [0.1, 0.15) is 0 Å². The Bertz CT molecular complexity index is 477. The number of hydrogen-bond donors (Lipinski definition) is 2. The summed E-state index contributed by atoms with van der Waals surface area (Å²) >= 11 is 0. The van der Waals surface area contributed by atoms with Gasteiger partial charge in [0.15, 0.2) is 0 Å². The van der Waals surface area contributed by atoms with Gasteiger partial charge >= 0.3 is 0 Å². The Labute approximate surface area is 133 Å². The highest BCUT2D eigenvalue weighted by atomic mass is 16.3. The molecule has 1 amide bonds. The third kappa shape index (κ3) is 4.82. The number of hydrogen-bond acceptors (Lipinski definition) is 3. The van der Waals surface area contributed by atoms with Gasteiger partial charge in [-0.05, 0) is 31.9 Å². The minimum absolute atomic E-state index is 0.00788. The first-order valence-corrected chi connectivity index (χ1v) is 8.20. The van der Waals surface area contributed by atoms with E-state index in [4.69, 9.17) is 0 Å². The number of carbonyl (C=O) groups is 1. The second-order valence-electron chi connectivity index (χ2n) is 6.80. The smallest absolute Gasteiger partial charge is 0.221 e. The van der Waals surface area contributed by atoms with Crippen LogP contribution in [-0.4, -0.2) is 42.2 Å². The van der Waals surface area contributed by atoms with E-state index in [-0.39, 0.29) is 24.0 Å². The van der Waals surface area contributed by atoms with Crippen LogP contribution in [0.2, 0.25) is 0 Å². The summed E-state index contributed by atoms with van der Waals surface area (Å²) in [5, 5.41) is 12.5. The number of piperidine rings is 1. The molecule has 2 atom stereocenters. The number of aliphatic hydroxyl groups is 1. The maximum atomic E-state index is 12.1. The van der Waals surface area contributed by atoms with Crippen LogP contribution in [0.15, 0.2) is 30.3 Å². The summed E-state index contributed by atoms with van der Waals surface area (Å²) in [6.45, 7) is 7.03. The first-order valence-electron chi connectivity index (χ1n) is 8.20. The first kappa shape index (κ1) is 17.0. The van der Waals surface area contributed by atoms with Crippen molar-refractivity contribution in [2.45, 2.75) is 39.2 Å². The minimum atomic E-state index is -0.00788. The van der Waals surface area contributed by atoms with Crippen LogP contribution >= 0.6 is 0 Å². The summed E-state index contributed by atoms with van der Waals surface area (Å²) in [5.41, 5.74) is 1.12. The number of likely N-dealkylation sites (tertiary alicyclic amines) is 1. The molecule has 0 aromatic heterocycles. The zero-order chi connectivity index (χ0) is 16.0. The normalized spacial score (nSPS) is 24.0. The summed E-state index contributed by atoms with van der Waals surface area (Å²) in [6.07, 6.45) is 2.68. The standard InChI is InChI=1S/C18H28N2O2/c1-15(16-7-4-3-5-8-16)19-17(22)9-12-20-11-6-10-18(2,13-20)14-21/h3-5,7-8,15,21H,6,9-14H2,1-2H3,(H,19,22). The molecule has 1 saturated heterocycles. The molecule has 2 rings (SSSR count). The quantitative estimate of drug-likeness (QED) is 0.848. The van der Waals surface area contributed by atoms with Crippen LogP contribution in [-0.2, 0) is 4.79 Å². The van der Waals surface area contributed by atoms with Gasteiger partial charge in [0.2, 0.25) is 5.91 Å². The Morgan fingerprint density at radius 2 is 2.14 bits per heavy atom. The Morgan fingerprint density at radius 1 is 1.41 bits per heavy atom. The molecule has 1 aromatic rings. The van der Waals surface area contributed by atoms with Gasteiger partial charge in [-0.15, -0.1) is 0 Å². The van der Waals surface area contributed by atoms with Gasteiger partial charge in [-0.2, -0.15) is 0 Å². The lowest BCUT2D eigenvalue weighted by Gasteiger charge is -2.39. The van der Waals surface area contributed by atoms with E-state index in [1.165, 1.54) is 0 Å². The van der Waals surface area contributed by atoms with Gasteiger partial charge in [0, 0.05) is 31.5 Å². The van der Waals surface area contributed by atoms with Crippen molar-refractivity contribution in [3.63, 3.8) is 0 Å². The molecule has 4 nitrogen and oxygen atoms in total. The summed E-state index contributed by atoms with van der Waals surface area (Å²) < 4.78 is 0. The molecule has 2 unspecified atom stereocenters. The van der Waals surface area contributed by atoms with Gasteiger partial charge in [-0.1, -0.05) is 37.3 Å². The zero-order valence-corrected chi connectivity index (χ0v) is 13.7. The summed E-state index contributed by atoms with van der Waals surface area (Å²) in [4.78, 5) is 14.4. The van der Waals surface area contributed by atoms with E-state index in [9.17, 15) is 9.90 Å². The number of amides is 1. The van der Waals surface area contributed by atoms with Crippen molar-refractivity contribution in [2.24, 2.45) is 5.41 Å². The second kappa shape index (κ2) is 7.75. The van der Waals surface area contributed by atoms with Crippen molar-refractivity contribution in [1.82, 2.24) is 10.2 Å². The Balaban J connectivity index is 1.76. The largest absolute Gasteiger partial charge is 0.396 e. The van der Waals surface area contributed by atoms with Crippen LogP contribution in [0.25, 0.3) is 0 Å². The van der Waals surface area contributed by atoms with E-state index < -0.39 is 0 Å². The second-order valence-corrected chi connectivity index (χ2v) is 6.80. The monoisotopic (exact) mass is 304 g/mol. The van der Waals surface area contributed by atoms with Gasteiger partial charge in [-0.25, -0.2) is 0 Å². The van der Waals surface area contributed by atoms with E-state index in [0.717, 1.165) is 38.0 Å². The van der Waals surface area contributed by atoms with Crippen molar-refractivity contribution >= 4 is 5.91 Å². The summed E-state index contributed by atoms with van der Waals surface area (Å²) in [7, 11) is 0. The van der Waals surface area contributed by atoms with Gasteiger partial charge < -0.3 is 15.3 Å². The number of nitrogens with zero attached hydrogens (tertiary/aromatic N) is 1. The Kier molecular flexibility index (Phi) is 5.98. The van der Waals surface area contributed by atoms with Crippen LogP contribution in [0.4, 0.5) is 0 Å². The van der Waals surface area contributed by atoms with Gasteiger partial charge in [0.05, 0.1) is 6.04 Å².